The van der Waals surface area contributed by atoms with E-state index in [-0.39, 0.29) is 12.2 Å². The fourth-order valence-corrected chi connectivity index (χ4v) is 1.99. The number of esters is 1. The predicted molar refractivity (Wildman–Crippen MR) is 71.5 cm³/mol. The van der Waals surface area contributed by atoms with Crippen LogP contribution in [0, 0.1) is 0 Å². The second-order valence-electron chi connectivity index (χ2n) is 4.04. The van der Waals surface area contributed by atoms with Crippen molar-refractivity contribution in [3.8, 4) is 5.75 Å². The molecule has 2 aromatic rings. The van der Waals surface area contributed by atoms with Crippen molar-refractivity contribution in [2.24, 2.45) is 0 Å². The molecule has 0 atom stereocenters. The first kappa shape index (κ1) is 13.1. The number of carbonyl (C=O) groups excluding carboxylic acids is 2. The lowest BCUT2D eigenvalue weighted by molar-refractivity contribution is -0.139. The Morgan fingerprint density at radius 1 is 1.00 bits per heavy atom. The van der Waals surface area contributed by atoms with Crippen molar-refractivity contribution >= 4 is 22.5 Å². The van der Waals surface area contributed by atoms with E-state index >= 15 is 0 Å². The van der Waals surface area contributed by atoms with Gasteiger partial charge in [0.25, 0.3) is 0 Å². The summed E-state index contributed by atoms with van der Waals surface area (Å²) in [5, 5.41) is 1.62. The minimum atomic E-state index is -0.537. The molecule has 0 saturated carbocycles. The number of carbonyl (C=O) groups is 2. The van der Waals surface area contributed by atoms with Crippen molar-refractivity contribution in [1.29, 1.82) is 0 Å². The van der Waals surface area contributed by atoms with Gasteiger partial charge in [-0.2, -0.15) is 0 Å². The Morgan fingerprint density at radius 3 is 2.32 bits per heavy atom. The minimum Gasteiger partial charge on any atom is -0.496 e. The largest absolute Gasteiger partial charge is 0.496 e. The molecule has 2 rings (SSSR count). The number of ketones is 1. The van der Waals surface area contributed by atoms with E-state index in [1.54, 1.807) is 19.2 Å². The van der Waals surface area contributed by atoms with Gasteiger partial charge in [-0.3, -0.25) is 9.59 Å². The third-order valence-corrected chi connectivity index (χ3v) is 2.94. The first-order valence-electron chi connectivity index (χ1n) is 5.83. The summed E-state index contributed by atoms with van der Waals surface area (Å²) < 4.78 is 9.78. The van der Waals surface area contributed by atoms with Crippen molar-refractivity contribution in [2.75, 3.05) is 14.2 Å². The number of hydrogen-bond acceptors (Lipinski definition) is 4. The zero-order chi connectivity index (χ0) is 13.8. The molecule has 0 aliphatic heterocycles. The maximum absolute atomic E-state index is 12.1. The predicted octanol–water partition coefficient (Wildman–Crippen LogP) is 2.59. The van der Waals surface area contributed by atoms with Crippen LogP contribution in [0.3, 0.4) is 0 Å². The molecule has 0 unspecified atom stereocenters. The third kappa shape index (κ3) is 2.57. The van der Waals surface area contributed by atoms with E-state index < -0.39 is 5.97 Å². The summed E-state index contributed by atoms with van der Waals surface area (Å²) in [6.45, 7) is 0. The highest BCUT2D eigenvalue weighted by Gasteiger charge is 2.16. The number of methoxy groups -OCH3 is 2. The molecular weight excluding hydrogens is 244 g/mol. The van der Waals surface area contributed by atoms with Crippen LogP contribution < -0.4 is 4.74 Å². The second-order valence-corrected chi connectivity index (χ2v) is 4.04. The Balaban J connectivity index is 2.50. The standard InChI is InChI=1S/C15H14O4/c1-18-14-8-7-11(13(16)9-15(17)19-2)10-5-3-4-6-12(10)14/h3-8H,9H2,1-2H3. The van der Waals surface area contributed by atoms with Crippen LogP contribution in [0.1, 0.15) is 16.8 Å². The molecule has 0 aliphatic rings. The topological polar surface area (TPSA) is 52.6 Å². The number of hydrogen-bond donors (Lipinski definition) is 0. The SMILES string of the molecule is COC(=O)CC(=O)c1ccc(OC)c2ccccc12. The Bertz CT molecular complexity index is 631. The molecule has 0 bridgehead atoms. The molecule has 19 heavy (non-hydrogen) atoms. The summed E-state index contributed by atoms with van der Waals surface area (Å²) in [6, 6.07) is 10.8. The van der Waals surface area contributed by atoms with Gasteiger partial charge < -0.3 is 9.47 Å². The number of fused-ring (bicyclic) bond motifs is 1. The maximum atomic E-state index is 12.1. The van der Waals surface area contributed by atoms with Crippen molar-refractivity contribution in [3.63, 3.8) is 0 Å². The lowest BCUT2D eigenvalue weighted by Crippen LogP contribution is -2.10. The molecule has 0 radical (unpaired) electrons. The zero-order valence-corrected chi connectivity index (χ0v) is 10.8. The minimum absolute atomic E-state index is 0.257. The van der Waals surface area contributed by atoms with Crippen LogP contribution in [0.5, 0.6) is 5.75 Å². The van der Waals surface area contributed by atoms with Crippen LogP contribution in [0.2, 0.25) is 0 Å². The van der Waals surface area contributed by atoms with E-state index in [2.05, 4.69) is 4.74 Å². The maximum Gasteiger partial charge on any atom is 0.313 e. The second kappa shape index (κ2) is 5.52. The van der Waals surface area contributed by atoms with Crippen molar-refractivity contribution < 1.29 is 19.1 Å². The summed E-state index contributed by atoms with van der Waals surface area (Å²) in [5.41, 5.74) is 0.502. The van der Waals surface area contributed by atoms with Gasteiger partial charge in [0, 0.05) is 10.9 Å². The molecule has 0 saturated heterocycles. The molecule has 0 aliphatic carbocycles. The zero-order valence-electron chi connectivity index (χ0n) is 10.8. The Labute approximate surface area is 110 Å². The normalized spacial score (nSPS) is 10.2. The lowest BCUT2D eigenvalue weighted by Gasteiger charge is -2.09. The van der Waals surface area contributed by atoms with Crippen LogP contribution in [-0.4, -0.2) is 26.0 Å². The van der Waals surface area contributed by atoms with Gasteiger partial charge >= 0.3 is 5.97 Å². The van der Waals surface area contributed by atoms with Crippen molar-refractivity contribution in [3.05, 3.63) is 42.0 Å². The van der Waals surface area contributed by atoms with E-state index in [1.807, 2.05) is 24.3 Å². The average molecular weight is 258 g/mol. The van der Waals surface area contributed by atoms with Crippen LogP contribution in [-0.2, 0) is 9.53 Å². The molecular formula is C15H14O4. The van der Waals surface area contributed by atoms with Gasteiger partial charge in [0.1, 0.15) is 12.2 Å². The van der Waals surface area contributed by atoms with E-state index in [9.17, 15) is 9.59 Å². The number of Topliss-reactive ketones (excluding diaryl/α,β-unsaturated/α-hetero) is 1. The molecule has 0 aromatic heterocycles. The average Bonchev–Trinajstić information content (AvgIpc) is 2.45. The molecule has 0 amide bonds. The lowest BCUT2D eigenvalue weighted by atomic mass is 9.99. The Kier molecular flexibility index (Phi) is 3.80. The van der Waals surface area contributed by atoms with Crippen LogP contribution >= 0.6 is 0 Å². The molecule has 0 spiro atoms. The summed E-state index contributed by atoms with van der Waals surface area (Å²) in [6.07, 6.45) is -0.257. The first-order chi connectivity index (χ1) is 9.17. The van der Waals surface area contributed by atoms with E-state index in [0.717, 1.165) is 10.8 Å². The van der Waals surface area contributed by atoms with E-state index in [4.69, 9.17) is 4.74 Å². The molecule has 2 aromatic carbocycles. The number of ether oxygens (including phenoxy) is 2. The third-order valence-electron chi connectivity index (χ3n) is 2.94. The molecule has 98 valence electrons. The van der Waals surface area contributed by atoms with Gasteiger partial charge in [-0.1, -0.05) is 24.3 Å². The van der Waals surface area contributed by atoms with E-state index in [1.165, 1.54) is 7.11 Å². The van der Waals surface area contributed by atoms with Crippen molar-refractivity contribution in [1.82, 2.24) is 0 Å². The highest BCUT2D eigenvalue weighted by atomic mass is 16.5. The summed E-state index contributed by atoms with van der Waals surface area (Å²) >= 11 is 0. The quantitative estimate of drug-likeness (QED) is 0.480. The Hall–Kier alpha value is -2.36. The number of benzene rings is 2. The smallest absolute Gasteiger partial charge is 0.313 e. The molecule has 4 heteroatoms. The van der Waals surface area contributed by atoms with Gasteiger partial charge in [0.05, 0.1) is 14.2 Å². The molecule has 0 fully saturated rings. The van der Waals surface area contributed by atoms with Crippen LogP contribution in [0.15, 0.2) is 36.4 Å². The van der Waals surface area contributed by atoms with Gasteiger partial charge in [0.15, 0.2) is 5.78 Å². The first-order valence-corrected chi connectivity index (χ1v) is 5.83. The van der Waals surface area contributed by atoms with Crippen molar-refractivity contribution in [2.45, 2.75) is 6.42 Å². The highest BCUT2D eigenvalue weighted by molar-refractivity contribution is 6.14. The fourth-order valence-electron chi connectivity index (χ4n) is 1.99. The molecule has 4 nitrogen and oxygen atoms in total. The van der Waals surface area contributed by atoms with Gasteiger partial charge in [-0.25, -0.2) is 0 Å². The van der Waals surface area contributed by atoms with Crippen LogP contribution in [0.4, 0.5) is 0 Å². The fraction of sp³-hybridized carbons (Fsp3) is 0.200. The van der Waals surface area contributed by atoms with Gasteiger partial charge in [0.2, 0.25) is 0 Å². The monoisotopic (exact) mass is 258 g/mol. The van der Waals surface area contributed by atoms with Crippen LogP contribution in [0.25, 0.3) is 10.8 Å². The summed E-state index contributed by atoms with van der Waals surface area (Å²) in [7, 11) is 2.85. The number of rotatable bonds is 4. The molecule has 0 heterocycles. The highest BCUT2D eigenvalue weighted by Crippen LogP contribution is 2.28. The summed E-state index contributed by atoms with van der Waals surface area (Å²) in [5.74, 6) is -0.0965. The van der Waals surface area contributed by atoms with Gasteiger partial charge in [-0.15, -0.1) is 0 Å². The Morgan fingerprint density at radius 2 is 1.68 bits per heavy atom. The van der Waals surface area contributed by atoms with E-state index in [0.29, 0.717) is 11.3 Å². The molecule has 0 N–H and O–H groups in total. The van der Waals surface area contributed by atoms with Gasteiger partial charge in [-0.05, 0) is 17.5 Å². The summed E-state index contributed by atoms with van der Waals surface area (Å²) in [4.78, 5) is 23.3.